The van der Waals surface area contributed by atoms with Crippen LogP contribution in [0, 0.1) is 16.1 Å². The van der Waals surface area contributed by atoms with Crippen molar-refractivity contribution >= 4 is 29.8 Å². The maximum atomic E-state index is 12.7. The first-order valence-electron chi connectivity index (χ1n) is 7.15. The van der Waals surface area contributed by atoms with Gasteiger partial charge in [-0.3, -0.25) is 9.89 Å². The highest BCUT2D eigenvalue weighted by Crippen LogP contribution is 2.17. The van der Waals surface area contributed by atoms with Gasteiger partial charge in [-0.05, 0) is 36.0 Å². The van der Waals surface area contributed by atoms with Crippen molar-refractivity contribution < 1.29 is 4.79 Å². The van der Waals surface area contributed by atoms with E-state index in [0.717, 1.165) is 5.56 Å². The Hall–Kier alpha value is -3.30. The Bertz CT molecular complexity index is 995. The number of rotatable bonds is 3. The molecule has 0 aliphatic carbocycles. The fraction of sp³-hybridized carbons (Fsp3) is 0. The van der Waals surface area contributed by atoms with Crippen molar-refractivity contribution in [2.75, 3.05) is 0 Å². The highest BCUT2D eigenvalue weighted by Gasteiger charge is 2.18. The summed E-state index contributed by atoms with van der Waals surface area (Å²) in [7, 11) is 0. The van der Waals surface area contributed by atoms with Crippen molar-refractivity contribution in [3.63, 3.8) is 0 Å². The van der Waals surface area contributed by atoms with Gasteiger partial charge in [0.15, 0.2) is 5.82 Å². The SMILES string of the molecule is N#C/C(=C\c1ccccc1)c1n[nH]c(=S)n1C(=O)c1ccccc1. The van der Waals surface area contributed by atoms with Gasteiger partial charge < -0.3 is 0 Å². The quantitative estimate of drug-likeness (QED) is 0.586. The van der Waals surface area contributed by atoms with E-state index in [4.69, 9.17) is 12.2 Å². The predicted molar refractivity (Wildman–Crippen MR) is 93.5 cm³/mol. The molecule has 1 heterocycles. The number of nitriles is 1. The average Bonchev–Trinajstić information content (AvgIpc) is 3.02. The highest BCUT2D eigenvalue weighted by molar-refractivity contribution is 7.71. The van der Waals surface area contributed by atoms with Gasteiger partial charge in [0.05, 0.1) is 5.57 Å². The largest absolute Gasteiger partial charge is 0.268 e. The fourth-order valence-corrected chi connectivity index (χ4v) is 2.45. The van der Waals surface area contributed by atoms with Gasteiger partial charge in [-0.2, -0.15) is 10.4 Å². The molecule has 0 amide bonds. The lowest BCUT2D eigenvalue weighted by molar-refractivity contribution is 0.0957. The molecule has 0 bridgehead atoms. The van der Waals surface area contributed by atoms with E-state index in [0.29, 0.717) is 5.56 Å². The number of hydrogen-bond donors (Lipinski definition) is 1. The van der Waals surface area contributed by atoms with Crippen LogP contribution in [0.2, 0.25) is 0 Å². The standard InChI is InChI=1S/C18H12N4OS/c19-12-15(11-13-7-3-1-4-8-13)16-20-21-18(24)22(16)17(23)14-9-5-2-6-10-14/h1-11H,(H,21,24)/b15-11+. The number of H-pyrrole nitrogens is 1. The second-order valence-corrected chi connectivity index (χ2v) is 5.33. The van der Waals surface area contributed by atoms with Gasteiger partial charge in [-0.1, -0.05) is 48.5 Å². The lowest BCUT2D eigenvalue weighted by Crippen LogP contribution is -2.15. The van der Waals surface area contributed by atoms with E-state index in [1.54, 1.807) is 30.3 Å². The Morgan fingerprint density at radius 2 is 1.75 bits per heavy atom. The summed E-state index contributed by atoms with van der Waals surface area (Å²) in [6.07, 6.45) is 1.67. The monoisotopic (exact) mass is 332 g/mol. The topological polar surface area (TPSA) is 74.5 Å². The third-order valence-corrected chi connectivity index (χ3v) is 3.64. The molecule has 6 heteroatoms. The number of carbonyl (C=O) groups excluding carboxylic acids is 1. The number of hydrogen-bond acceptors (Lipinski definition) is 4. The molecular formula is C18H12N4OS. The molecule has 0 saturated heterocycles. The molecule has 5 nitrogen and oxygen atoms in total. The van der Waals surface area contributed by atoms with E-state index >= 15 is 0 Å². The molecule has 1 N–H and O–H groups in total. The summed E-state index contributed by atoms with van der Waals surface area (Å²) in [5.41, 5.74) is 1.55. The van der Waals surface area contributed by atoms with Gasteiger partial charge in [-0.25, -0.2) is 4.57 Å². The average molecular weight is 332 g/mol. The Morgan fingerprint density at radius 3 is 2.38 bits per heavy atom. The Labute approximate surface area is 143 Å². The van der Waals surface area contributed by atoms with Crippen molar-refractivity contribution in [3.05, 3.63) is 82.4 Å². The van der Waals surface area contributed by atoms with Gasteiger partial charge in [0.2, 0.25) is 4.77 Å². The summed E-state index contributed by atoms with van der Waals surface area (Å²) in [6.45, 7) is 0. The maximum Gasteiger partial charge on any atom is 0.265 e. The zero-order chi connectivity index (χ0) is 16.9. The van der Waals surface area contributed by atoms with E-state index in [1.165, 1.54) is 4.57 Å². The fourth-order valence-electron chi connectivity index (χ4n) is 2.24. The van der Waals surface area contributed by atoms with Gasteiger partial charge in [0.1, 0.15) is 6.07 Å². The number of aromatic amines is 1. The minimum Gasteiger partial charge on any atom is -0.268 e. The molecule has 0 aliphatic heterocycles. The van der Waals surface area contributed by atoms with Crippen molar-refractivity contribution in [3.8, 4) is 6.07 Å². The van der Waals surface area contributed by atoms with Crippen molar-refractivity contribution in [1.29, 1.82) is 5.26 Å². The molecule has 0 spiro atoms. The van der Waals surface area contributed by atoms with Crippen LogP contribution >= 0.6 is 12.2 Å². The van der Waals surface area contributed by atoms with E-state index in [1.807, 2.05) is 36.4 Å². The number of benzene rings is 2. The molecule has 1 aromatic heterocycles. The third-order valence-electron chi connectivity index (χ3n) is 3.37. The summed E-state index contributed by atoms with van der Waals surface area (Å²) >= 11 is 5.17. The first kappa shape index (κ1) is 15.6. The van der Waals surface area contributed by atoms with Crippen molar-refractivity contribution in [1.82, 2.24) is 14.8 Å². The molecule has 116 valence electrons. The second kappa shape index (κ2) is 6.86. The Kier molecular flexibility index (Phi) is 4.45. The third kappa shape index (κ3) is 3.07. The van der Waals surface area contributed by atoms with Gasteiger partial charge in [0.25, 0.3) is 5.91 Å². The van der Waals surface area contributed by atoms with Gasteiger partial charge >= 0.3 is 0 Å². The minimum atomic E-state index is -0.335. The number of nitrogens with zero attached hydrogens (tertiary/aromatic N) is 3. The Morgan fingerprint density at radius 1 is 1.12 bits per heavy atom. The van der Waals surface area contributed by atoms with Crippen LogP contribution in [0.4, 0.5) is 0 Å². The summed E-state index contributed by atoms with van der Waals surface area (Å²) in [5.74, 6) is -0.140. The highest BCUT2D eigenvalue weighted by atomic mass is 32.1. The summed E-state index contributed by atoms with van der Waals surface area (Å²) in [4.78, 5) is 12.7. The normalized spacial score (nSPS) is 11.0. The molecule has 0 fully saturated rings. The lowest BCUT2D eigenvalue weighted by atomic mass is 10.1. The molecule has 0 atom stereocenters. The van der Waals surface area contributed by atoms with Gasteiger partial charge in [0, 0.05) is 5.56 Å². The van der Waals surface area contributed by atoms with E-state index < -0.39 is 0 Å². The predicted octanol–water partition coefficient (Wildman–Crippen LogP) is 3.69. The second-order valence-electron chi connectivity index (χ2n) is 4.94. The van der Waals surface area contributed by atoms with Crippen LogP contribution in [0.25, 0.3) is 11.6 Å². The molecule has 0 radical (unpaired) electrons. The van der Waals surface area contributed by atoms with Crippen LogP contribution in [-0.4, -0.2) is 20.7 Å². The molecular weight excluding hydrogens is 320 g/mol. The van der Waals surface area contributed by atoms with Crippen molar-refractivity contribution in [2.45, 2.75) is 0 Å². The van der Waals surface area contributed by atoms with E-state index in [2.05, 4.69) is 16.3 Å². The number of allylic oxidation sites excluding steroid dienone is 1. The lowest BCUT2D eigenvalue weighted by Gasteiger charge is -2.05. The number of aromatic nitrogens is 3. The van der Waals surface area contributed by atoms with Crippen LogP contribution in [-0.2, 0) is 0 Å². The minimum absolute atomic E-state index is 0.146. The molecule has 3 rings (SSSR count). The van der Waals surface area contributed by atoms with Crippen molar-refractivity contribution in [2.24, 2.45) is 0 Å². The van der Waals surface area contributed by atoms with Crippen LogP contribution in [0.3, 0.4) is 0 Å². The summed E-state index contributed by atoms with van der Waals surface area (Å²) in [6, 6.07) is 20.2. The molecule has 24 heavy (non-hydrogen) atoms. The zero-order valence-corrected chi connectivity index (χ0v) is 13.3. The van der Waals surface area contributed by atoms with E-state index in [-0.39, 0.29) is 22.1 Å². The molecule has 0 saturated carbocycles. The summed E-state index contributed by atoms with van der Waals surface area (Å²) < 4.78 is 1.39. The molecule has 0 unspecified atom stereocenters. The molecule has 3 aromatic rings. The van der Waals surface area contributed by atoms with Gasteiger partial charge in [-0.15, -0.1) is 0 Å². The first-order chi connectivity index (χ1) is 11.7. The van der Waals surface area contributed by atoms with E-state index in [9.17, 15) is 10.1 Å². The van der Waals surface area contributed by atoms with Crippen LogP contribution < -0.4 is 0 Å². The van der Waals surface area contributed by atoms with Crippen LogP contribution in [0.15, 0.2) is 60.7 Å². The maximum absolute atomic E-state index is 12.7. The number of nitrogens with one attached hydrogen (secondary N) is 1. The van der Waals surface area contributed by atoms with Crippen LogP contribution in [0.5, 0.6) is 0 Å². The van der Waals surface area contributed by atoms with Crippen LogP contribution in [0.1, 0.15) is 21.7 Å². The Balaban J connectivity index is 2.10. The number of carbonyl (C=O) groups is 1. The summed E-state index contributed by atoms with van der Waals surface area (Å²) in [5, 5.41) is 16.2. The molecule has 0 aliphatic rings. The first-order valence-corrected chi connectivity index (χ1v) is 7.56. The smallest absolute Gasteiger partial charge is 0.265 e. The zero-order valence-electron chi connectivity index (χ0n) is 12.5. The molecule has 2 aromatic carbocycles.